The fraction of sp³-hybridized carbons (Fsp3) is 0.0667. The molecule has 0 aliphatic heterocycles. The van der Waals surface area contributed by atoms with Gasteiger partial charge in [-0.05, 0) is 29.8 Å². The highest BCUT2D eigenvalue weighted by molar-refractivity contribution is 9.10. The lowest BCUT2D eigenvalue weighted by atomic mass is 10.2. The van der Waals surface area contributed by atoms with Crippen LogP contribution in [0.3, 0.4) is 0 Å². The van der Waals surface area contributed by atoms with Crippen LogP contribution in [0.4, 0.5) is 0 Å². The molecule has 1 N–H and O–H groups in total. The molecule has 20 heavy (non-hydrogen) atoms. The Bertz CT molecular complexity index is 583. The van der Waals surface area contributed by atoms with Crippen molar-refractivity contribution in [2.45, 2.75) is 0 Å². The topological polar surface area (TPSA) is 50.7 Å². The average Bonchev–Trinajstić information content (AvgIpc) is 2.48. The number of hydrazone groups is 1. The molecule has 0 spiro atoms. The SMILES string of the molecule is O=C(COc1ccc(Br)cc1)N/N=C/c1ccccc1. The predicted molar refractivity (Wildman–Crippen MR) is 81.8 cm³/mol. The molecule has 2 aromatic carbocycles. The fourth-order valence-corrected chi connectivity index (χ4v) is 1.69. The van der Waals surface area contributed by atoms with E-state index in [1.54, 1.807) is 18.3 Å². The van der Waals surface area contributed by atoms with Crippen LogP contribution in [-0.2, 0) is 4.79 Å². The van der Waals surface area contributed by atoms with Crippen LogP contribution in [-0.4, -0.2) is 18.7 Å². The summed E-state index contributed by atoms with van der Waals surface area (Å²) < 4.78 is 6.28. The van der Waals surface area contributed by atoms with Crippen molar-refractivity contribution in [1.82, 2.24) is 5.43 Å². The molecular formula is C15H13BrN2O2. The lowest BCUT2D eigenvalue weighted by molar-refractivity contribution is -0.123. The minimum Gasteiger partial charge on any atom is -0.484 e. The molecule has 0 unspecified atom stereocenters. The molecule has 5 heteroatoms. The normalized spacial score (nSPS) is 10.4. The summed E-state index contributed by atoms with van der Waals surface area (Å²) in [6, 6.07) is 16.8. The number of nitrogens with zero attached hydrogens (tertiary/aromatic N) is 1. The minimum absolute atomic E-state index is 0.0756. The van der Waals surface area contributed by atoms with E-state index in [4.69, 9.17) is 4.74 Å². The first-order valence-electron chi connectivity index (χ1n) is 5.99. The van der Waals surface area contributed by atoms with Gasteiger partial charge in [0.2, 0.25) is 0 Å². The number of hydrogen-bond acceptors (Lipinski definition) is 3. The number of halogens is 1. The van der Waals surface area contributed by atoms with Crippen molar-refractivity contribution in [2.75, 3.05) is 6.61 Å². The molecule has 0 aliphatic rings. The standard InChI is InChI=1S/C15H13BrN2O2/c16-13-6-8-14(9-7-13)20-11-15(19)18-17-10-12-4-2-1-3-5-12/h1-10H,11H2,(H,18,19)/b17-10+. The van der Waals surface area contributed by atoms with Crippen LogP contribution < -0.4 is 10.2 Å². The molecule has 0 saturated heterocycles. The van der Waals surface area contributed by atoms with Crippen LogP contribution in [0.2, 0.25) is 0 Å². The number of carbonyl (C=O) groups excluding carboxylic acids is 1. The van der Waals surface area contributed by atoms with Crippen molar-refractivity contribution in [3.8, 4) is 5.75 Å². The number of carbonyl (C=O) groups is 1. The summed E-state index contributed by atoms with van der Waals surface area (Å²) in [5.74, 6) is 0.329. The van der Waals surface area contributed by atoms with E-state index in [1.165, 1.54) is 0 Å². The van der Waals surface area contributed by atoms with Crippen molar-refractivity contribution < 1.29 is 9.53 Å². The number of ether oxygens (including phenoxy) is 1. The first-order valence-corrected chi connectivity index (χ1v) is 6.78. The first-order chi connectivity index (χ1) is 9.74. The van der Waals surface area contributed by atoms with Gasteiger partial charge in [-0.3, -0.25) is 4.79 Å². The number of amides is 1. The second-order valence-electron chi connectivity index (χ2n) is 3.95. The summed E-state index contributed by atoms with van der Waals surface area (Å²) >= 11 is 3.33. The second-order valence-corrected chi connectivity index (χ2v) is 4.86. The van der Waals surface area contributed by atoms with Gasteiger partial charge in [0.1, 0.15) is 5.75 Å². The molecule has 2 aromatic rings. The van der Waals surface area contributed by atoms with Crippen LogP contribution in [0.1, 0.15) is 5.56 Å². The summed E-state index contributed by atoms with van der Waals surface area (Å²) in [7, 11) is 0. The Morgan fingerprint density at radius 2 is 1.85 bits per heavy atom. The average molecular weight is 333 g/mol. The van der Waals surface area contributed by atoms with E-state index in [-0.39, 0.29) is 12.5 Å². The van der Waals surface area contributed by atoms with E-state index in [1.807, 2.05) is 42.5 Å². The minimum atomic E-state index is -0.305. The number of benzene rings is 2. The number of nitrogens with one attached hydrogen (secondary N) is 1. The molecule has 0 aliphatic carbocycles. The maximum absolute atomic E-state index is 11.5. The van der Waals surface area contributed by atoms with Crippen LogP contribution in [0.5, 0.6) is 5.75 Å². The zero-order valence-corrected chi connectivity index (χ0v) is 12.2. The fourth-order valence-electron chi connectivity index (χ4n) is 1.43. The Morgan fingerprint density at radius 3 is 2.55 bits per heavy atom. The van der Waals surface area contributed by atoms with Crippen molar-refractivity contribution in [3.63, 3.8) is 0 Å². The van der Waals surface area contributed by atoms with E-state index in [9.17, 15) is 4.79 Å². The second kappa shape index (κ2) is 7.45. The molecule has 4 nitrogen and oxygen atoms in total. The van der Waals surface area contributed by atoms with Crippen LogP contribution in [0.25, 0.3) is 0 Å². The summed E-state index contributed by atoms with van der Waals surface area (Å²) in [6.07, 6.45) is 1.58. The molecule has 0 bridgehead atoms. The Balaban J connectivity index is 1.76. The van der Waals surface area contributed by atoms with E-state index in [2.05, 4.69) is 26.5 Å². The van der Waals surface area contributed by atoms with Gasteiger partial charge in [-0.15, -0.1) is 0 Å². The maximum atomic E-state index is 11.5. The zero-order chi connectivity index (χ0) is 14.2. The van der Waals surface area contributed by atoms with Gasteiger partial charge in [-0.2, -0.15) is 5.10 Å². The highest BCUT2D eigenvalue weighted by Gasteiger charge is 2.00. The Kier molecular flexibility index (Phi) is 5.32. The summed E-state index contributed by atoms with van der Waals surface area (Å²) in [5.41, 5.74) is 3.33. The molecule has 0 aromatic heterocycles. The van der Waals surface area contributed by atoms with Crippen LogP contribution in [0, 0.1) is 0 Å². The van der Waals surface area contributed by atoms with Gasteiger partial charge in [0.15, 0.2) is 6.61 Å². The molecule has 0 atom stereocenters. The monoisotopic (exact) mass is 332 g/mol. The highest BCUT2D eigenvalue weighted by atomic mass is 79.9. The predicted octanol–water partition coefficient (Wildman–Crippen LogP) is 2.98. The summed E-state index contributed by atoms with van der Waals surface area (Å²) in [6.45, 7) is -0.0756. The van der Waals surface area contributed by atoms with E-state index in [0.29, 0.717) is 5.75 Å². The molecular weight excluding hydrogens is 320 g/mol. The molecule has 102 valence electrons. The van der Waals surface area contributed by atoms with Crippen molar-refractivity contribution in [2.24, 2.45) is 5.10 Å². The van der Waals surface area contributed by atoms with Gasteiger partial charge in [0.25, 0.3) is 5.91 Å². The maximum Gasteiger partial charge on any atom is 0.277 e. The van der Waals surface area contributed by atoms with E-state index >= 15 is 0 Å². The Hall–Kier alpha value is -2.14. The van der Waals surface area contributed by atoms with Gasteiger partial charge < -0.3 is 4.74 Å². The van der Waals surface area contributed by atoms with Gasteiger partial charge in [-0.1, -0.05) is 46.3 Å². The van der Waals surface area contributed by atoms with E-state index in [0.717, 1.165) is 10.0 Å². The Labute approximate surface area is 125 Å². The quantitative estimate of drug-likeness (QED) is 0.676. The third kappa shape index (κ3) is 4.85. The summed E-state index contributed by atoms with van der Waals surface area (Å²) in [5, 5.41) is 3.86. The third-order valence-electron chi connectivity index (χ3n) is 2.39. The molecule has 0 heterocycles. The summed E-state index contributed by atoms with van der Waals surface area (Å²) in [4.78, 5) is 11.5. The van der Waals surface area contributed by atoms with E-state index < -0.39 is 0 Å². The number of hydrogen-bond donors (Lipinski definition) is 1. The highest BCUT2D eigenvalue weighted by Crippen LogP contribution is 2.15. The molecule has 2 rings (SSSR count). The van der Waals surface area contributed by atoms with Crippen LogP contribution >= 0.6 is 15.9 Å². The van der Waals surface area contributed by atoms with Crippen molar-refractivity contribution in [3.05, 3.63) is 64.6 Å². The third-order valence-corrected chi connectivity index (χ3v) is 2.91. The lowest BCUT2D eigenvalue weighted by Gasteiger charge is -2.04. The van der Waals surface area contributed by atoms with Crippen molar-refractivity contribution >= 4 is 28.1 Å². The largest absolute Gasteiger partial charge is 0.484 e. The first kappa shape index (κ1) is 14.3. The van der Waals surface area contributed by atoms with Gasteiger partial charge in [0, 0.05) is 4.47 Å². The molecule has 1 amide bonds. The smallest absolute Gasteiger partial charge is 0.277 e. The molecule has 0 radical (unpaired) electrons. The Morgan fingerprint density at radius 1 is 1.15 bits per heavy atom. The van der Waals surface area contributed by atoms with Gasteiger partial charge in [-0.25, -0.2) is 5.43 Å². The molecule has 0 saturated carbocycles. The molecule has 0 fully saturated rings. The van der Waals surface area contributed by atoms with Crippen LogP contribution in [0.15, 0.2) is 64.2 Å². The van der Waals surface area contributed by atoms with Gasteiger partial charge in [0.05, 0.1) is 6.21 Å². The van der Waals surface area contributed by atoms with Crippen molar-refractivity contribution in [1.29, 1.82) is 0 Å². The zero-order valence-electron chi connectivity index (χ0n) is 10.6. The lowest BCUT2D eigenvalue weighted by Crippen LogP contribution is -2.24. The number of rotatable bonds is 5. The van der Waals surface area contributed by atoms with Gasteiger partial charge >= 0.3 is 0 Å².